The maximum Gasteiger partial charge on any atom is 0.343 e. The number of ether oxygens (including phenoxy) is 3. The van der Waals surface area contributed by atoms with Gasteiger partial charge < -0.3 is 19.5 Å². The van der Waals surface area contributed by atoms with Crippen LogP contribution in [0.25, 0.3) is 0 Å². The molecule has 1 heterocycles. The molecule has 0 saturated carbocycles. The summed E-state index contributed by atoms with van der Waals surface area (Å²) in [5, 5.41) is 3.46. The summed E-state index contributed by atoms with van der Waals surface area (Å²) in [6.07, 6.45) is 1.11. The van der Waals surface area contributed by atoms with E-state index >= 15 is 0 Å². The van der Waals surface area contributed by atoms with E-state index in [9.17, 15) is 4.79 Å². The Labute approximate surface area is 119 Å². The summed E-state index contributed by atoms with van der Waals surface area (Å²) in [6.45, 7) is 3.78. The van der Waals surface area contributed by atoms with E-state index in [0.717, 1.165) is 25.3 Å². The fraction of sp³-hybridized carbons (Fsp3) is 0.533. The summed E-state index contributed by atoms with van der Waals surface area (Å²) in [4.78, 5) is 11.0. The molecule has 1 aromatic rings. The first-order valence-electron chi connectivity index (χ1n) is 6.83. The van der Waals surface area contributed by atoms with Crippen molar-refractivity contribution in [1.29, 1.82) is 0 Å². The Morgan fingerprint density at radius 2 is 2.20 bits per heavy atom. The van der Waals surface area contributed by atoms with Crippen LogP contribution in [0, 0.1) is 5.92 Å². The molecule has 1 aliphatic rings. The molecule has 0 aromatic heterocycles. The molecule has 0 bridgehead atoms. The number of anilines is 1. The predicted octanol–water partition coefficient (Wildman–Crippen LogP) is 2.08. The van der Waals surface area contributed by atoms with Gasteiger partial charge in [0, 0.05) is 24.3 Å². The highest BCUT2D eigenvalue weighted by molar-refractivity contribution is 5.70. The number of carbonyl (C=O) groups is 1. The molecular formula is C15H21NO4. The van der Waals surface area contributed by atoms with Crippen LogP contribution < -0.4 is 10.1 Å². The molecule has 1 aliphatic heterocycles. The van der Waals surface area contributed by atoms with Crippen molar-refractivity contribution >= 4 is 11.7 Å². The van der Waals surface area contributed by atoms with Gasteiger partial charge in [0.15, 0.2) is 6.61 Å². The molecule has 0 aliphatic carbocycles. The Kier molecular flexibility index (Phi) is 5.24. The fourth-order valence-corrected chi connectivity index (χ4v) is 2.18. The largest absolute Gasteiger partial charge is 0.482 e. The fourth-order valence-electron chi connectivity index (χ4n) is 2.18. The molecule has 5 heteroatoms. The van der Waals surface area contributed by atoms with E-state index in [1.807, 2.05) is 24.3 Å². The van der Waals surface area contributed by atoms with E-state index in [0.29, 0.717) is 17.7 Å². The zero-order valence-corrected chi connectivity index (χ0v) is 11.9. The highest BCUT2D eigenvalue weighted by Gasteiger charge is 2.21. The molecule has 2 unspecified atom stereocenters. The van der Waals surface area contributed by atoms with Gasteiger partial charge in [0.05, 0.1) is 13.7 Å². The molecule has 5 nitrogen and oxygen atoms in total. The maximum atomic E-state index is 11.0. The number of hydrogen-bond acceptors (Lipinski definition) is 5. The molecule has 2 rings (SSSR count). The summed E-state index contributed by atoms with van der Waals surface area (Å²) in [5.41, 5.74) is 1.04. The molecule has 1 aromatic carbocycles. The van der Waals surface area contributed by atoms with Crippen LogP contribution in [0.15, 0.2) is 24.3 Å². The first-order valence-corrected chi connectivity index (χ1v) is 6.83. The van der Waals surface area contributed by atoms with Crippen LogP contribution in [0.5, 0.6) is 5.75 Å². The second-order valence-electron chi connectivity index (χ2n) is 4.95. The lowest BCUT2D eigenvalue weighted by Crippen LogP contribution is -2.26. The van der Waals surface area contributed by atoms with E-state index in [1.165, 1.54) is 7.11 Å². The first-order chi connectivity index (χ1) is 9.69. The topological polar surface area (TPSA) is 56.8 Å². The lowest BCUT2D eigenvalue weighted by molar-refractivity contribution is -0.142. The van der Waals surface area contributed by atoms with E-state index in [-0.39, 0.29) is 12.6 Å². The smallest absolute Gasteiger partial charge is 0.343 e. The van der Waals surface area contributed by atoms with Crippen molar-refractivity contribution in [3.05, 3.63) is 24.3 Å². The summed E-state index contributed by atoms with van der Waals surface area (Å²) in [6, 6.07) is 7.93. The lowest BCUT2D eigenvalue weighted by atomic mass is 10.0. The van der Waals surface area contributed by atoms with E-state index in [1.54, 1.807) is 0 Å². The van der Waals surface area contributed by atoms with Gasteiger partial charge in [0.25, 0.3) is 0 Å². The minimum atomic E-state index is -0.387. The number of benzene rings is 1. The number of methoxy groups -OCH3 is 1. The van der Waals surface area contributed by atoms with Gasteiger partial charge in [-0.3, -0.25) is 0 Å². The average molecular weight is 279 g/mol. The van der Waals surface area contributed by atoms with Gasteiger partial charge in [0.2, 0.25) is 0 Å². The number of rotatable bonds is 6. The Balaban J connectivity index is 1.83. The van der Waals surface area contributed by atoms with Gasteiger partial charge in [0.1, 0.15) is 5.75 Å². The second-order valence-corrected chi connectivity index (χ2v) is 4.95. The molecule has 0 amide bonds. The average Bonchev–Trinajstić information content (AvgIpc) is 3.00. The van der Waals surface area contributed by atoms with Crippen LogP contribution in [0.4, 0.5) is 5.69 Å². The van der Waals surface area contributed by atoms with Crippen LogP contribution in [0.2, 0.25) is 0 Å². The highest BCUT2D eigenvalue weighted by Crippen LogP contribution is 2.22. The van der Waals surface area contributed by atoms with Crippen molar-refractivity contribution in [1.82, 2.24) is 0 Å². The molecule has 20 heavy (non-hydrogen) atoms. The minimum Gasteiger partial charge on any atom is -0.482 e. The molecule has 110 valence electrons. The second kappa shape index (κ2) is 7.14. The van der Waals surface area contributed by atoms with Crippen LogP contribution in [-0.2, 0) is 14.3 Å². The van der Waals surface area contributed by atoms with Crippen molar-refractivity contribution < 1.29 is 19.0 Å². The van der Waals surface area contributed by atoms with E-state index in [2.05, 4.69) is 17.0 Å². The predicted molar refractivity (Wildman–Crippen MR) is 76.0 cm³/mol. The molecule has 0 radical (unpaired) electrons. The Hall–Kier alpha value is -1.75. The van der Waals surface area contributed by atoms with Gasteiger partial charge in [-0.15, -0.1) is 0 Å². The monoisotopic (exact) mass is 279 g/mol. The lowest BCUT2D eigenvalue weighted by Gasteiger charge is -2.20. The Morgan fingerprint density at radius 3 is 2.80 bits per heavy atom. The minimum absolute atomic E-state index is 0.0703. The van der Waals surface area contributed by atoms with Crippen LogP contribution >= 0.6 is 0 Å². The van der Waals surface area contributed by atoms with Crippen molar-refractivity contribution in [3.63, 3.8) is 0 Å². The van der Waals surface area contributed by atoms with Crippen LogP contribution in [-0.4, -0.2) is 38.9 Å². The zero-order valence-electron chi connectivity index (χ0n) is 11.9. The van der Waals surface area contributed by atoms with Crippen LogP contribution in [0.3, 0.4) is 0 Å². The summed E-state index contributed by atoms with van der Waals surface area (Å²) in [5.74, 6) is 0.824. The molecule has 1 N–H and O–H groups in total. The Morgan fingerprint density at radius 1 is 1.45 bits per heavy atom. The van der Waals surface area contributed by atoms with Gasteiger partial charge in [-0.1, -0.05) is 0 Å². The molecule has 2 atom stereocenters. The summed E-state index contributed by atoms with van der Waals surface area (Å²) < 4.78 is 15.2. The van der Waals surface area contributed by atoms with E-state index in [4.69, 9.17) is 9.47 Å². The van der Waals surface area contributed by atoms with E-state index < -0.39 is 0 Å². The number of esters is 1. The van der Waals surface area contributed by atoms with Crippen molar-refractivity contribution in [2.45, 2.75) is 19.4 Å². The summed E-state index contributed by atoms with van der Waals surface area (Å²) in [7, 11) is 1.34. The number of carbonyl (C=O) groups excluding carboxylic acids is 1. The van der Waals surface area contributed by atoms with Crippen molar-refractivity contribution in [2.75, 3.05) is 32.2 Å². The first kappa shape index (κ1) is 14.7. The third-order valence-corrected chi connectivity index (χ3v) is 3.51. The third-order valence-electron chi connectivity index (χ3n) is 3.51. The van der Waals surface area contributed by atoms with Gasteiger partial charge in [-0.05, 0) is 37.6 Å². The van der Waals surface area contributed by atoms with Gasteiger partial charge >= 0.3 is 5.97 Å². The third kappa shape index (κ3) is 4.13. The molecule has 1 fully saturated rings. The quantitative estimate of drug-likeness (QED) is 0.808. The molecular weight excluding hydrogens is 258 g/mol. The van der Waals surface area contributed by atoms with Gasteiger partial charge in [-0.2, -0.15) is 0 Å². The Bertz CT molecular complexity index is 426. The number of nitrogens with one attached hydrogen (secondary N) is 1. The normalized spacial score (nSPS) is 19.4. The highest BCUT2D eigenvalue weighted by atomic mass is 16.6. The molecule has 1 saturated heterocycles. The number of hydrogen-bond donors (Lipinski definition) is 1. The SMILES string of the molecule is COC(=O)COc1ccc(NC(C)C2CCOC2)cc1. The maximum absolute atomic E-state index is 11.0. The zero-order chi connectivity index (χ0) is 14.4. The molecule has 0 spiro atoms. The standard InChI is InChI=1S/C15H21NO4/c1-11(12-7-8-19-9-12)16-13-3-5-14(6-4-13)20-10-15(17)18-2/h3-6,11-12,16H,7-10H2,1-2H3. The van der Waals surface area contributed by atoms with Crippen molar-refractivity contribution in [2.24, 2.45) is 5.92 Å². The van der Waals surface area contributed by atoms with Crippen molar-refractivity contribution in [3.8, 4) is 5.75 Å². The van der Waals surface area contributed by atoms with Gasteiger partial charge in [-0.25, -0.2) is 4.79 Å². The summed E-state index contributed by atoms with van der Waals surface area (Å²) >= 11 is 0. The van der Waals surface area contributed by atoms with Crippen LogP contribution in [0.1, 0.15) is 13.3 Å².